The third-order valence-corrected chi connectivity index (χ3v) is 4.15. The van der Waals surface area contributed by atoms with E-state index in [0.29, 0.717) is 24.1 Å². The number of hydrogen-bond acceptors (Lipinski definition) is 6. The predicted octanol–water partition coefficient (Wildman–Crippen LogP) is -0.640. The molecule has 1 saturated heterocycles. The molecule has 0 unspecified atom stereocenters. The van der Waals surface area contributed by atoms with Crippen LogP contribution >= 0.6 is 0 Å². The van der Waals surface area contributed by atoms with Crippen LogP contribution in [-0.4, -0.2) is 56.6 Å². The van der Waals surface area contributed by atoms with Gasteiger partial charge in [0.25, 0.3) is 5.56 Å². The van der Waals surface area contributed by atoms with Gasteiger partial charge in [-0.25, -0.2) is 9.48 Å². The number of carboxylic acid groups (broad SMARTS) is 1. The maximum Gasteiger partial charge on any atom is 0.357 e. The second kappa shape index (κ2) is 7.36. The van der Waals surface area contributed by atoms with E-state index in [0.717, 1.165) is 0 Å². The summed E-state index contributed by atoms with van der Waals surface area (Å²) in [5.41, 5.74) is -1.01. The first-order valence-electron chi connectivity index (χ1n) is 8.20. The second-order valence-electron chi connectivity index (χ2n) is 6.05. The highest BCUT2D eigenvalue weighted by molar-refractivity contribution is 6.01. The fourth-order valence-corrected chi connectivity index (χ4v) is 2.92. The van der Waals surface area contributed by atoms with E-state index >= 15 is 0 Å². The average Bonchev–Trinajstić information content (AvgIpc) is 3.01. The molecule has 27 heavy (non-hydrogen) atoms. The number of rotatable bonds is 5. The first kappa shape index (κ1) is 18.2. The third kappa shape index (κ3) is 3.84. The number of amides is 3. The van der Waals surface area contributed by atoms with Crippen molar-refractivity contribution in [1.29, 1.82) is 0 Å². The standard InChI is InChI=1S/C17H16N4O6/c22-12(8-20-7-3-6-14(20)24)18-13(23)9-21-16(25)11-5-2-1-4-10(11)15(19-21)17(26)27/h1-2,4-5H,3,6-9H2,(H,26,27)(H,18,22,23). The molecule has 1 fully saturated rings. The molecule has 10 nitrogen and oxygen atoms in total. The van der Waals surface area contributed by atoms with Crippen molar-refractivity contribution >= 4 is 34.5 Å². The zero-order valence-corrected chi connectivity index (χ0v) is 14.2. The largest absolute Gasteiger partial charge is 0.476 e. The number of nitrogens with one attached hydrogen (secondary N) is 1. The van der Waals surface area contributed by atoms with Crippen LogP contribution in [0.3, 0.4) is 0 Å². The molecule has 3 amide bonds. The molecule has 1 aliphatic heterocycles. The first-order valence-corrected chi connectivity index (χ1v) is 8.20. The fraction of sp³-hybridized carbons (Fsp3) is 0.294. The summed E-state index contributed by atoms with van der Waals surface area (Å²) in [6.07, 6.45) is 1.03. The van der Waals surface area contributed by atoms with E-state index in [1.165, 1.54) is 17.0 Å². The SMILES string of the molecule is O=C(CN1CCCC1=O)NC(=O)Cn1nc(C(=O)O)c2ccccc2c1=O. The number of likely N-dealkylation sites (tertiary alicyclic amines) is 1. The van der Waals surface area contributed by atoms with Gasteiger partial charge in [0.15, 0.2) is 5.69 Å². The Kier molecular flexibility index (Phi) is 4.97. The van der Waals surface area contributed by atoms with Crippen molar-refractivity contribution < 1.29 is 24.3 Å². The lowest BCUT2D eigenvalue weighted by Gasteiger charge is -2.14. The quantitative estimate of drug-likeness (QED) is 0.712. The van der Waals surface area contributed by atoms with E-state index in [4.69, 9.17) is 0 Å². The van der Waals surface area contributed by atoms with E-state index in [2.05, 4.69) is 10.4 Å². The number of benzene rings is 1. The summed E-state index contributed by atoms with van der Waals surface area (Å²) in [5, 5.41) is 15.4. The van der Waals surface area contributed by atoms with Crippen molar-refractivity contribution in [2.45, 2.75) is 19.4 Å². The second-order valence-corrected chi connectivity index (χ2v) is 6.05. The highest BCUT2D eigenvalue weighted by Crippen LogP contribution is 2.13. The summed E-state index contributed by atoms with van der Waals surface area (Å²) in [5.74, 6) is -3.00. The number of aromatic nitrogens is 2. The zero-order valence-electron chi connectivity index (χ0n) is 14.2. The molecule has 10 heteroatoms. The van der Waals surface area contributed by atoms with Crippen molar-refractivity contribution in [3.63, 3.8) is 0 Å². The van der Waals surface area contributed by atoms with Crippen molar-refractivity contribution in [2.24, 2.45) is 0 Å². The van der Waals surface area contributed by atoms with Crippen LogP contribution in [0.4, 0.5) is 0 Å². The summed E-state index contributed by atoms with van der Waals surface area (Å²) in [7, 11) is 0. The van der Waals surface area contributed by atoms with Gasteiger partial charge in [0.1, 0.15) is 6.54 Å². The Bertz CT molecular complexity index is 1010. The molecule has 1 aromatic heterocycles. The van der Waals surface area contributed by atoms with E-state index in [1.807, 2.05) is 0 Å². The van der Waals surface area contributed by atoms with Crippen molar-refractivity contribution in [2.75, 3.05) is 13.1 Å². The van der Waals surface area contributed by atoms with Gasteiger partial charge in [-0.15, -0.1) is 0 Å². The molecule has 1 aliphatic rings. The van der Waals surface area contributed by atoms with Crippen LogP contribution in [0.1, 0.15) is 23.3 Å². The maximum absolute atomic E-state index is 12.4. The Labute approximate surface area is 152 Å². The summed E-state index contributed by atoms with van der Waals surface area (Å²) in [6, 6.07) is 6.03. The third-order valence-electron chi connectivity index (χ3n) is 4.15. The minimum Gasteiger partial charge on any atom is -0.476 e. The molecule has 2 heterocycles. The molecule has 3 rings (SSSR count). The predicted molar refractivity (Wildman–Crippen MR) is 91.9 cm³/mol. The monoisotopic (exact) mass is 372 g/mol. The van der Waals surface area contributed by atoms with E-state index in [-0.39, 0.29) is 28.9 Å². The zero-order chi connectivity index (χ0) is 19.6. The molecule has 2 aromatic rings. The number of carboxylic acids is 1. The Morgan fingerprint density at radius 1 is 1.07 bits per heavy atom. The van der Waals surface area contributed by atoms with Crippen LogP contribution in [0.15, 0.2) is 29.1 Å². The lowest BCUT2D eigenvalue weighted by atomic mass is 10.1. The van der Waals surface area contributed by atoms with Crippen LogP contribution in [0.2, 0.25) is 0 Å². The topological polar surface area (TPSA) is 139 Å². The highest BCUT2D eigenvalue weighted by Gasteiger charge is 2.23. The van der Waals surface area contributed by atoms with Gasteiger partial charge in [-0.3, -0.25) is 24.5 Å². The van der Waals surface area contributed by atoms with Gasteiger partial charge in [0.05, 0.1) is 11.9 Å². The molecule has 0 radical (unpaired) electrons. The minimum atomic E-state index is -1.34. The Morgan fingerprint density at radius 3 is 2.37 bits per heavy atom. The first-order chi connectivity index (χ1) is 12.9. The Balaban J connectivity index is 1.77. The number of carbonyl (C=O) groups is 4. The molecule has 0 bridgehead atoms. The molecule has 0 aliphatic carbocycles. The van der Waals surface area contributed by atoms with E-state index in [9.17, 15) is 29.1 Å². The molecular formula is C17H16N4O6. The molecule has 0 spiro atoms. The number of aromatic carboxylic acids is 1. The average molecular weight is 372 g/mol. The number of fused-ring (bicyclic) bond motifs is 1. The van der Waals surface area contributed by atoms with Gasteiger partial charge in [-0.2, -0.15) is 5.10 Å². The Hall–Kier alpha value is -3.56. The number of imide groups is 1. The summed E-state index contributed by atoms with van der Waals surface area (Å²) in [6.45, 7) is -0.414. The van der Waals surface area contributed by atoms with Crippen LogP contribution in [0.5, 0.6) is 0 Å². The number of carbonyl (C=O) groups excluding carboxylic acids is 3. The van der Waals surface area contributed by atoms with Crippen LogP contribution in [0.25, 0.3) is 10.8 Å². The summed E-state index contributed by atoms with van der Waals surface area (Å²) >= 11 is 0. The van der Waals surface area contributed by atoms with Crippen molar-refractivity contribution in [3.05, 3.63) is 40.3 Å². The van der Waals surface area contributed by atoms with Gasteiger partial charge in [0, 0.05) is 18.4 Å². The minimum absolute atomic E-state index is 0.103. The number of hydrogen-bond donors (Lipinski definition) is 2. The smallest absolute Gasteiger partial charge is 0.357 e. The molecule has 1 aromatic carbocycles. The summed E-state index contributed by atoms with van der Waals surface area (Å²) in [4.78, 5) is 60.6. The van der Waals surface area contributed by atoms with Crippen LogP contribution in [-0.2, 0) is 20.9 Å². The normalized spacial score (nSPS) is 13.8. The van der Waals surface area contributed by atoms with Crippen molar-refractivity contribution in [1.82, 2.24) is 20.0 Å². The van der Waals surface area contributed by atoms with Gasteiger partial charge >= 0.3 is 5.97 Å². The van der Waals surface area contributed by atoms with Gasteiger partial charge in [-0.05, 0) is 12.5 Å². The number of nitrogens with zero attached hydrogens (tertiary/aromatic N) is 3. The maximum atomic E-state index is 12.4. The van der Waals surface area contributed by atoms with Crippen LogP contribution < -0.4 is 10.9 Å². The van der Waals surface area contributed by atoms with Crippen molar-refractivity contribution in [3.8, 4) is 0 Å². The van der Waals surface area contributed by atoms with Gasteiger partial charge in [-0.1, -0.05) is 18.2 Å². The van der Waals surface area contributed by atoms with E-state index < -0.39 is 29.9 Å². The van der Waals surface area contributed by atoms with Crippen LogP contribution in [0, 0.1) is 0 Å². The van der Waals surface area contributed by atoms with E-state index in [1.54, 1.807) is 12.1 Å². The summed E-state index contributed by atoms with van der Waals surface area (Å²) < 4.78 is 0.704. The Morgan fingerprint density at radius 2 is 1.74 bits per heavy atom. The molecule has 0 saturated carbocycles. The lowest BCUT2D eigenvalue weighted by Crippen LogP contribution is -2.43. The highest BCUT2D eigenvalue weighted by atomic mass is 16.4. The lowest BCUT2D eigenvalue weighted by molar-refractivity contribution is -0.136. The van der Waals surface area contributed by atoms with Gasteiger partial charge < -0.3 is 10.0 Å². The fourth-order valence-electron chi connectivity index (χ4n) is 2.92. The van der Waals surface area contributed by atoms with Gasteiger partial charge in [0.2, 0.25) is 17.7 Å². The molecule has 2 N–H and O–H groups in total. The molecule has 0 atom stereocenters. The molecular weight excluding hydrogens is 356 g/mol. The molecule has 140 valence electrons.